The third-order valence-electron chi connectivity index (χ3n) is 2.43. The summed E-state index contributed by atoms with van der Waals surface area (Å²) >= 11 is 0.969. The van der Waals surface area contributed by atoms with E-state index in [1.807, 2.05) is 0 Å². The number of amides is 1. The molecule has 6 nitrogen and oxygen atoms in total. The lowest BCUT2D eigenvalue weighted by Crippen LogP contribution is -2.23. The van der Waals surface area contributed by atoms with Crippen molar-refractivity contribution in [1.29, 1.82) is 0 Å². The summed E-state index contributed by atoms with van der Waals surface area (Å²) in [6.45, 7) is 1.52. The van der Waals surface area contributed by atoms with Crippen molar-refractivity contribution in [3.8, 4) is 0 Å². The van der Waals surface area contributed by atoms with Gasteiger partial charge in [-0.15, -0.1) is 5.10 Å². The van der Waals surface area contributed by atoms with Gasteiger partial charge in [-0.05, 0) is 19.1 Å². The standard InChI is InChI=1S/C11H10F3N5OS/c1-4(21-11-17-10(15)18-19-11)9(20)16-6-3-2-5(12)7(13)8(6)14/h2-4H,1H3,(H,16,20)(H3,15,17,18,19)/t4-/m0/s1. The topological polar surface area (TPSA) is 96.7 Å². The van der Waals surface area contributed by atoms with Gasteiger partial charge in [0.15, 0.2) is 17.5 Å². The van der Waals surface area contributed by atoms with Crippen molar-refractivity contribution in [2.45, 2.75) is 17.3 Å². The minimum atomic E-state index is -1.64. The Labute approximate surface area is 121 Å². The van der Waals surface area contributed by atoms with E-state index in [2.05, 4.69) is 20.5 Å². The van der Waals surface area contributed by atoms with Gasteiger partial charge in [0.05, 0.1) is 10.9 Å². The van der Waals surface area contributed by atoms with Crippen molar-refractivity contribution in [1.82, 2.24) is 15.2 Å². The van der Waals surface area contributed by atoms with Gasteiger partial charge in [0.2, 0.25) is 17.0 Å². The summed E-state index contributed by atoms with van der Waals surface area (Å²) < 4.78 is 39.3. The fourth-order valence-electron chi connectivity index (χ4n) is 1.38. The molecule has 0 fully saturated rings. The van der Waals surface area contributed by atoms with Crippen LogP contribution in [0.25, 0.3) is 0 Å². The number of nitrogens with zero attached hydrogens (tertiary/aromatic N) is 2. The second-order valence-electron chi connectivity index (χ2n) is 3.98. The maximum Gasteiger partial charge on any atom is 0.237 e. The fourth-order valence-corrected chi connectivity index (χ4v) is 2.11. The molecule has 1 aromatic heterocycles. The Morgan fingerprint density at radius 2 is 2.10 bits per heavy atom. The molecule has 1 heterocycles. The minimum absolute atomic E-state index is 0.0942. The first kappa shape index (κ1) is 15.2. The number of nitrogen functional groups attached to an aromatic ring is 1. The molecule has 0 spiro atoms. The van der Waals surface area contributed by atoms with E-state index in [0.29, 0.717) is 0 Å². The molecular weight excluding hydrogens is 307 g/mol. The van der Waals surface area contributed by atoms with Crippen molar-refractivity contribution in [2.24, 2.45) is 0 Å². The molecule has 10 heteroatoms. The Balaban J connectivity index is 2.05. The van der Waals surface area contributed by atoms with Crippen LogP contribution in [-0.2, 0) is 4.79 Å². The number of nitrogens with one attached hydrogen (secondary N) is 2. The minimum Gasteiger partial charge on any atom is -0.368 e. The van der Waals surface area contributed by atoms with Crippen LogP contribution in [0.4, 0.5) is 24.8 Å². The lowest BCUT2D eigenvalue weighted by atomic mass is 10.2. The Morgan fingerprint density at radius 1 is 1.38 bits per heavy atom. The van der Waals surface area contributed by atoms with E-state index >= 15 is 0 Å². The molecule has 0 aliphatic heterocycles. The molecule has 2 rings (SSSR count). The number of nitrogens with two attached hydrogens (primary N) is 1. The number of benzene rings is 1. The van der Waals surface area contributed by atoms with E-state index in [1.165, 1.54) is 6.92 Å². The summed E-state index contributed by atoms with van der Waals surface area (Å²) in [6.07, 6.45) is 0. The van der Waals surface area contributed by atoms with E-state index < -0.39 is 34.3 Å². The zero-order valence-electron chi connectivity index (χ0n) is 10.7. The van der Waals surface area contributed by atoms with Crippen LogP contribution < -0.4 is 11.1 Å². The van der Waals surface area contributed by atoms with Crippen molar-refractivity contribution in [2.75, 3.05) is 11.1 Å². The van der Waals surface area contributed by atoms with Crippen molar-refractivity contribution < 1.29 is 18.0 Å². The molecule has 112 valence electrons. The van der Waals surface area contributed by atoms with E-state index in [0.717, 1.165) is 23.9 Å². The predicted octanol–water partition coefficient (Wildman–Crippen LogP) is 1.92. The van der Waals surface area contributed by atoms with Crippen LogP contribution in [0.1, 0.15) is 6.92 Å². The predicted molar refractivity (Wildman–Crippen MR) is 71.1 cm³/mol. The highest BCUT2D eigenvalue weighted by Crippen LogP contribution is 2.23. The molecule has 0 radical (unpaired) electrons. The van der Waals surface area contributed by atoms with Crippen LogP contribution in [0.2, 0.25) is 0 Å². The molecule has 0 bridgehead atoms. The lowest BCUT2D eigenvalue weighted by molar-refractivity contribution is -0.115. The number of rotatable bonds is 4. The van der Waals surface area contributed by atoms with Crippen LogP contribution in [0.5, 0.6) is 0 Å². The Bertz CT molecular complexity index is 678. The van der Waals surface area contributed by atoms with E-state index in [9.17, 15) is 18.0 Å². The molecule has 0 unspecified atom stereocenters. The normalized spacial score (nSPS) is 12.2. The molecule has 0 aliphatic rings. The Kier molecular flexibility index (Phi) is 4.36. The highest BCUT2D eigenvalue weighted by Gasteiger charge is 2.20. The highest BCUT2D eigenvalue weighted by molar-refractivity contribution is 8.00. The van der Waals surface area contributed by atoms with Crippen LogP contribution in [0.3, 0.4) is 0 Å². The maximum absolute atomic E-state index is 13.4. The van der Waals surface area contributed by atoms with E-state index in [4.69, 9.17) is 5.73 Å². The van der Waals surface area contributed by atoms with Gasteiger partial charge in [-0.2, -0.15) is 4.98 Å². The maximum atomic E-state index is 13.4. The second-order valence-corrected chi connectivity index (χ2v) is 5.28. The first-order valence-corrected chi connectivity index (χ1v) is 6.55. The SMILES string of the molecule is C[C@H](Sc1n[nH]c(N)n1)C(=O)Nc1ccc(F)c(F)c1F. The largest absolute Gasteiger partial charge is 0.368 e. The van der Waals surface area contributed by atoms with Crippen molar-refractivity contribution in [3.05, 3.63) is 29.6 Å². The van der Waals surface area contributed by atoms with Crippen LogP contribution >= 0.6 is 11.8 Å². The van der Waals surface area contributed by atoms with Crippen LogP contribution in [0, 0.1) is 17.5 Å². The fraction of sp³-hybridized carbons (Fsp3) is 0.182. The zero-order chi connectivity index (χ0) is 15.6. The van der Waals surface area contributed by atoms with Crippen molar-refractivity contribution >= 4 is 29.3 Å². The van der Waals surface area contributed by atoms with Gasteiger partial charge in [0.25, 0.3) is 0 Å². The molecule has 2 aromatic rings. The molecule has 0 aliphatic carbocycles. The zero-order valence-corrected chi connectivity index (χ0v) is 11.5. The first-order valence-electron chi connectivity index (χ1n) is 5.67. The molecule has 0 saturated carbocycles. The number of thioether (sulfide) groups is 1. The Hall–Kier alpha value is -2.23. The molecule has 1 aromatic carbocycles. The summed E-state index contributed by atoms with van der Waals surface area (Å²) in [6, 6.07) is 1.66. The number of hydrogen-bond acceptors (Lipinski definition) is 5. The van der Waals surface area contributed by atoms with Gasteiger partial charge in [0.1, 0.15) is 0 Å². The van der Waals surface area contributed by atoms with Gasteiger partial charge >= 0.3 is 0 Å². The Morgan fingerprint density at radius 3 is 2.71 bits per heavy atom. The summed E-state index contributed by atoms with van der Waals surface area (Å²) in [7, 11) is 0. The molecular formula is C11H10F3N5OS. The third kappa shape index (κ3) is 3.45. The molecule has 21 heavy (non-hydrogen) atoms. The summed E-state index contributed by atoms with van der Waals surface area (Å²) in [5.41, 5.74) is 4.89. The van der Waals surface area contributed by atoms with Crippen molar-refractivity contribution in [3.63, 3.8) is 0 Å². The molecule has 4 N–H and O–H groups in total. The summed E-state index contributed by atoms with van der Waals surface area (Å²) in [5, 5.41) is 7.83. The number of carbonyl (C=O) groups excluding carboxylic acids is 1. The van der Waals surface area contributed by atoms with Gasteiger partial charge in [-0.25, -0.2) is 18.3 Å². The molecule has 0 saturated heterocycles. The number of H-pyrrole nitrogens is 1. The number of anilines is 2. The van der Waals surface area contributed by atoms with Gasteiger partial charge < -0.3 is 11.1 Å². The quantitative estimate of drug-likeness (QED) is 0.591. The van der Waals surface area contributed by atoms with E-state index in [-0.39, 0.29) is 11.1 Å². The van der Waals surface area contributed by atoms with Gasteiger partial charge in [-0.1, -0.05) is 11.8 Å². The monoisotopic (exact) mass is 317 g/mol. The summed E-state index contributed by atoms with van der Waals surface area (Å²) in [4.78, 5) is 15.7. The average molecular weight is 317 g/mol. The third-order valence-corrected chi connectivity index (χ3v) is 3.39. The van der Waals surface area contributed by atoms with Crippen LogP contribution in [0.15, 0.2) is 17.3 Å². The number of aromatic nitrogens is 3. The first-order chi connectivity index (χ1) is 9.88. The molecule has 1 amide bonds. The number of aromatic amines is 1. The second kappa shape index (κ2) is 6.04. The van der Waals surface area contributed by atoms with Crippen LogP contribution in [-0.4, -0.2) is 26.3 Å². The number of halogens is 3. The smallest absolute Gasteiger partial charge is 0.237 e. The lowest BCUT2D eigenvalue weighted by Gasteiger charge is -2.11. The van der Waals surface area contributed by atoms with E-state index in [1.54, 1.807) is 0 Å². The van der Waals surface area contributed by atoms with Gasteiger partial charge in [0, 0.05) is 0 Å². The molecule has 1 atom stereocenters. The number of carbonyl (C=O) groups is 1. The summed E-state index contributed by atoms with van der Waals surface area (Å²) in [5.74, 6) is -4.95. The van der Waals surface area contributed by atoms with Gasteiger partial charge in [-0.3, -0.25) is 4.79 Å². The number of hydrogen-bond donors (Lipinski definition) is 3. The average Bonchev–Trinajstić information content (AvgIpc) is 2.84. The highest BCUT2D eigenvalue weighted by atomic mass is 32.2.